The molecule has 0 saturated carbocycles. The van der Waals surface area contributed by atoms with Crippen molar-refractivity contribution in [2.45, 2.75) is 140 Å². The Balaban J connectivity index is 0.000000157. The molecule has 47 heteroatoms. The first-order valence-electron chi connectivity index (χ1n) is 41.1. The molecular weight excluding hydrogens is 1740 g/mol. The van der Waals surface area contributed by atoms with E-state index in [9.17, 15) is 77.6 Å². The fourth-order valence-electron chi connectivity index (χ4n) is 15.5. The maximum absolute atomic E-state index is 13.4. The maximum Gasteiger partial charge on any atom is 0.526 e. The van der Waals surface area contributed by atoms with Crippen molar-refractivity contribution in [3.8, 4) is 23.0 Å². The normalized spacial score (nSPS) is 17.7. The lowest BCUT2D eigenvalue weighted by molar-refractivity contribution is -0.153. The molecule has 6 aliphatic heterocycles. The number of hydrogen-bond acceptors (Lipinski definition) is 34. The molecule has 129 heavy (non-hydrogen) atoms. The van der Waals surface area contributed by atoms with E-state index in [-0.39, 0.29) is 95.3 Å². The SMILES string of the molecule is CCN1CCN(C(=O)NC(C(=O)C[C@@H]2Cc3cccc(C)c3OB2O)c2csc(N)n2)C(=O)C1=O.CCN1CCN(C(=O)N[C@@H](C(=O)C[C@H]2Cc3cccc(C)c3OB2O)c2csc(N)n2)C(=O)C1=O.Cc1cccc2c1OB(O)[C@@H](CC(=O)C(NC(=O)CO)c1csc(N)n1)C2.Cc1cccc2c1OB(O)[C@@H](CC(=O)C(NC(=O)Nc1cccnc1)c1csc(N)n1)C2. The molecule has 39 nitrogen and oxygen atoms in total. The number of nitrogens with zero attached hydrogens (tertiary/aromatic N) is 9. The Kier molecular flexibility index (Phi) is 31.7. The summed E-state index contributed by atoms with van der Waals surface area (Å²) in [5.41, 5.74) is 31.7. The van der Waals surface area contributed by atoms with Crippen molar-refractivity contribution >= 4 is 171 Å². The first-order chi connectivity index (χ1) is 61.7. The highest BCUT2D eigenvalue weighted by atomic mass is 32.1. The standard InChI is InChI=1S/2C22H26BN5O6S.C21H22BN5O4S.C17H20BN3O5S/c2*1-3-27-7-8-28(20(31)19(27)30)22(32)26-17(15-11-35-21(24)25-15)16(29)10-14-9-13-6-4-5-12(2)18(13)34-23(14)33;1-12-4-2-5-13-8-14(22(30)31-19(12)13)9-17(28)18(16-11-32-20(23)26-16)27-21(29)25-15-6-3-7-24-10-15;1-9-3-2-4-10-5-11(18(25)26-16(9)10)6-13(23)15(21-14(24)7-22)12-8-27-17(19)20-12/h2*4-6,11,14,17,33H,3,7-10H2,1-2H3,(H2,24,25)(H,26,32);2-7,10-11,14,18,30H,8-9H2,1H3,(H2,23,26)(H2,25,27,29);2-4,8,11,15,22,25H,5-7H2,1H3,(H2,19,20)(H,21,24)/t14-,17?;14-,17-;14-,18?;11-,15?/m0111/s1. The third-order valence-electron chi connectivity index (χ3n) is 22.2. The second-order valence-corrected chi connectivity index (χ2v) is 34.7. The third-order valence-corrected chi connectivity index (χ3v) is 25.0. The van der Waals surface area contributed by atoms with Crippen LogP contribution in [0.2, 0.25) is 23.3 Å². The van der Waals surface area contributed by atoms with Crippen molar-refractivity contribution in [3.05, 3.63) is 186 Å². The number of imide groups is 2. The van der Waals surface area contributed by atoms with Crippen LogP contribution in [0.1, 0.15) is 131 Å². The summed E-state index contributed by atoms with van der Waals surface area (Å²) in [6.07, 6.45) is 4.59. The number of nitrogens with two attached hydrogens (primary N) is 4. The predicted octanol–water partition coefficient (Wildman–Crippen LogP) is 5.21. The zero-order valence-electron chi connectivity index (χ0n) is 70.8. The monoisotopic (exact) mass is 1840 g/mol. The fraction of sp³-hybridized carbons (Fsp3) is 0.354. The van der Waals surface area contributed by atoms with E-state index in [4.69, 9.17) is 46.7 Å². The summed E-state index contributed by atoms with van der Waals surface area (Å²) in [5, 5.41) is 71.1. The number of piperazine rings is 2. The van der Waals surface area contributed by atoms with Gasteiger partial charge in [-0.15, -0.1) is 45.3 Å². The molecular formula is C82H94B4N18O21S4. The van der Waals surface area contributed by atoms with Gasteiger partial charge in [0.15, 0.2) is 43.7 Å². The van der Waals surface area contributed by atoms with Crippen LogP contribution in [0, 0.1) is 27.7 Å². The number of pyridine rings is 1. The zero-order valence-corrected chi connectivity index (χ0v) is 74.1. The van der Waals surface area contributed by atoms with Crippen LogP contribution in [0.4, 0.5) is 40.6 Å². The minimum Gasteiger partial charge on any atom is -0.536 e. The van der Waals surface area contributed by atoms with Gasteiger partial charge in [0.05, 0.1) is 34.7 Å². The van der Waals surface area contributed by atoms with Crippen LogP contribution in [-0.4, -0.2) is 215 Å². The van der Waals surface area contributed by atoms with E-state index in [1.807, 2.05) is 100 Å². The van der Waals surface area contributed by atoms with Crippen LogP contribution in [0.25, 0.3) is 0 Å². The average molecular weight is 1840 g/mol. The van der Waals surface area contributed by atoms with E-state index >= 15 is 0 Å². The van der Waals surface area contributed by atoms with Crippen molar-refractivity contribution in [1.29, 1.82) is 0 Å². The molecule has 2 fully saturated rings. The number of aliphatic hydroxyl groups excluding tert-OH is 1. The number of urea groups is 3. The first-order valence-corrected chi connectivity index (χ1v) is 44.6. The molecule has 0 spiro atoms. The van der Waals surface area contributed by atoms with Crippen molar-refractivity contribution < 1.29 is 101 Å². The Bertz CT molecular complexity index is 5500. The van der Waals surface area contributed by atoms with Gasteiger partial charge in [0.1, 0.15) is 53.8 Å². The average Bonchev–Trinajstić information content (AvgIpc) is 1.81. The van der Waals surface area contributed by atoms with Gasteiger partial charge in [0.2, 0.25) is 5.91 Å². The van der Waals surface area contributed by atoms with Crippen molar-refractivity contribution in [1.82, 2.24) is 65.8 Å². The van der Waals surface area contributed by atoms with Gasteiger partial charge in [-0.05, 0) is 124 Å². The van der Waals surface area contributed by atoms with Crippen LogP contribution in [0.3, 0.4) is 0 Å². The predicted molar refractivity (Wildman–Crippen MR) is 481 cm³/mol. The zero-order chi connectivity index (χ0) is 92.8. The summed E-state index contributed by atoms with van der Waals surface area (Å²) in [7, 11) is -4.66. The largest absolute Gasteiger partial charge is 0.536 e. The number of Topliss-reactive ketones (excluding diaryl/α,β-unsaturated/α-hetero) is 4. The number of likely N-dealkylation sites (N-methyl/N-ethyl adjacent to an activating group) is 2. The number of aryl methyl sites for hydroxylation is 4. The van der Waals surface area contributed by atoms with E-state index in [1.165, 1.54) is 27.3 Å². The lowest BCUT2D eigenvalue weighted by Gasteiger charge is -2.33. The van der Waals surface area contributed by atoms with Gasteiger partial charge in [-0.3, -0.25) is 57.9 Å². The molecule has 9 aromatic rings. The quantitative estimate of drug-likeness (QED) is 0.0273. The molecule has 18 N–H and O–H groups in total. The van der Waals surface area contributed by atoms with E-state index < -0.39 is 142 Å². The number of aliphatic hydroxyl groups is 1. The molecule has 6 aliphatic rings. The number of carbonyl (C=O) groups excluding carboxylic acids is 12. The highest BCUT2D eigenvalue weighted by molar-refractivity contribution is 7.14. The number of anilines is 5. The van der Waals surface area contributed by atoms with Crippen LogP contribution in [0.15, 0.2) is 119 Å². The van der Waals surface area contributed by atoms with Gasteiger partial charge < -0.3 is 103 Å². The lowest BCUT2D eigenvalue weighted by atomic mass is 9.64. The molecule has 2 saturated heterocycles. The van der Waals surface area contributed by atoms with Gasteiger partial charge in [-0.1, -0.05) is 72.8 Å². The number of nitrogens with one attached hydrogen (secondary N) is 5. The second-order valence-electron chi connectivity index (χ2n) is 31.1. The number of nitrogen functional groups attached to an aromatic ring is 4. The number of aromatic nitrogens is 5. The van der Waals surface area contributed by atoms with Crippen LogP contribution < -0.4 is 68.1 Å². The Morgan fingerprint density at radius 2 is 0.736 bits per heavy atom. The van der Waals surface area contributed by atoms with Crippen LogP contribution in [0.5, 0.6) is 23.0 Å². The number of fused-ring (bicyclic) bond motifs is 4. The summed E-state index contributed by atoms with van der Waals surface area (Å²) in [6.45, 7) is 11.4. The molecule has 8 atom stereocenters. The number of benzene rings is 4. The van der Waals surface area contributed by atoms with E-state index in [0.717, 1.165) is 88.3 Å². The number of para-hydroxylation sites is 4. The molecule has 4 aromatic carbocycles. The number of amides is 11. The summed E-state index contributed by atoms with van der Waals surface area (Å²) < 4.78 is 22.7. The highest BCUT2D eigenvalue weighted by Gasteiger charge is 2.46. The number of ketones is 4. The van der Waals surface area contributed by atoms with Crippen molar-refractivity contribution in [2.24, 2.45) is 0 Å². The first kappa shape index (κ1) is 95.4. The third kappa shape index (κ3) is 23.4. The van der Waals surface area contributed by atoms with Crippen LogP contribution >= 0.6 is 45.3 Å². The number of rotatable bonds is 24. The van der Waals surface area contributed by atoms with Gasteiger partial charge in [-0.2, -0.15) is 0 Å². The number of carbonyl (C=O) groups is 12. The molecule has 674 valence electrons. The molecule has 0 bridgehead atoms. The van der Waals surface area contributed by atoms with Gasteiger partial charge in [0, 0.05) is 116 Å². The molecule has 5 aromatic heterocycles. The van der Waals surface area contributed by atoms with E-state index in [1.54, 1.807) is 53.7 Å². The maximum atomic E-state index is 13.4. The van der Waals surface area contributed by atoms with Crippen molar-refractivity contribution in [3.63, 3.8) is 0 Å². The Hall–Kier alpha value is -12.8. The van der Waals surface area contributed by atoms with E-state index in [2.05, 4.69) is 51.5 Å². The van der Waals surface area contributed by atoms with Gasteiger partial charge >= 0.3 is 70.2 Å². The fourth-order valence-corrected chi connectivity index (χ4v) is 17.8. The second kappa shape index (κ2) is 42.9. The Morgan fingerprint density at radius 3 is 1.01 bits per heavy atom. The highest BCUT2D eigenvalue weighted by Crippen LogP contribution is 2.42. The molecule has 11 amide bonds. The Labute approximate surface area is 757 Å². The minimum absolute atomic E-state index is 0.00960. The number of hydrogen-bond donors (Lipinski definition) is 14. The molecule has 0 aliphatic carbocycles. The summed E-state index contributed by atoms with van der Waals surface area (Å²) in [4.78, 5) is 177. The van der Waals surface area contributed by atoms with E-state index in [0.29, 0.717) is 78.8 Å². The van der Waals surface area contributed by atoms with Crippen molar-refractivity contribution in [2.75, 3.05) is 74.1 Å². The van der Waals surface area contributed by atoms with Crippen LogP contribution in [-0.2, 0) is 68.8 Å². The molecule has 15 rings (SSSR count). The number of thiazole rings is 4. The molecule has 3 unspecified atom stereocenters. The topological polar surface area (TPSA) is 585 Å². The summed E-state index contributed by atoms with van der Waals surface area (Å²) in [6, 6.07) is 19.3. The summed E-state index contributed by atoms with van der Waals surface area (Å²) >= 11 is 4.54. The lowest BCUT2D eigenvalue weighted by Crippen LogP contribution is -2.58. The smallest absolute Gasteiger partial charge is 0.526 e. The molecule has 11 heterocycles. The van der Waals surface area contributed by atoms with Gasteiger partial charge in [0.25, 0.3) is 0 Å². The molecule has 0 radical (unpaired) electrons. The summed E-state index contributed by atoms with van der Waals surface area (Å²) in [5.74, 6) is -5.17. The Morgan fingerprint density at radius 1 is 0.434 bits per heavy atom. The van der Waals surface area contributed by atoms with Gasteiger partial charge in [-0.25, -0.2) is 34.3 Å². The minimum atomic E-state index is -1.21.